The van der Waals surface area contributed by atoms with Crippen LogP contribution in [0.2, 0.25) is 10.0 Å². The Kier molecular flexibility index (Phi) is 6.94. The molecular formula is C22H14Cl2N4O4S2. The predicted molar refractivity (Wildman–Crippen MR) is 131 cm³/mol. The van der Waals surface area contributed by atoms with Crippen LogP contribution in [0.1, 0.15) is 26.3 Å². The van der Waals surface area contributed by atoms with Gasteiger partial charge in [-0.15, -0.1) is 10.2 Å². The molecule has 0 bridgehead atoms. The first-order valence-electron chi connectivity index (χ1n) is 9.55. The Morgan fingerprint density at radius 1 is 0.824 bits per heavy atom. The van der Waals surface area contributed by atoms with E-state index in [9.17, 15) is 18.0 Å². The van der Waals surface area contributed by atoms with E-state index in [4.69, 9.17) is 23.2 Å². The number of halogens is 2. The molecule has 0 aliphatic heterocycles. The summed E-state index contributed by atoms with van der Waals surface area (Å²) in [6.45, 7) is 0. The Bertz CT molecular complexity index is 1470. The van der Waals surface area contributed by atoms with Crippen LogP contribution in [0.15, 0.2) is 77.1 Å². The van der Waals surface area contributed by atoms with E-state index in [0.717, 1.165) is 0 Å². The molecule has 0 atom stereocenters. The largest absolute Gasteiger partial charge is 0.296 e. The van der Waals surface area contributed by atoms with E-state index in [1.807, 2.05) is 0 Å². The van der Waals surface area contributed by atoms with Crippen LogP contribution < -0.4 is 10.0 Å². The topological polar surface area (TPSA) is 118 Å². The molecule has 0 fully saturated rings. The molecule has 2 N–H and O–H groups in total. The fourth-order valence-electron chi connectivity index (χ4n) is 2.87. The lowest BCUT2D eigenvalue weighted by atomic mass is 10.0. The number of nitrogens with one attached hydrogen (secondary N) is 2. The molecule has 1 aromatic heterocycles. The Morgan fingerprint density at radius 2 is 1.50 bits per heavy atom. The van der Waals surface area contributed by atoms with Gasteiger partial charge in [-0.25, -0.2) is 0 Å². The van der Waals surface area contributed by atoms with Gasteiger partial charge in [0.25, 0.3) is 20.3 Å². The summed E-state index contributed by atoms with van der Waals surface area (Å²) in [7, 11) is -4.22. The Labute approximate surface area is 208 Å². The zero-order valence-corrected chi connectivity index (χ0v) is 20.2. The van der Waals surface area contributed by atoms with Crippen molar-refractivity contribution in [3.05, 3.63) is 99.5 Å². The first kappa shape index (κ1) is 23.8. The highest BCUT2D eigenvalue weighted by atomic mass is 35.5. The summed E-state index contributed by atoms with van der Waals surface area (Å²) in [5, 5.41) is 10.6. The average molecular weight is 533 g/mol. The summed E-state index contributed by atoms with van der Waals surface area (Å²) in [5.41, 5.74) is 0.781. The Hall–Kier alpha value is -3.31. The summed E-state index contributed by atoms with van der Waals surface area (Å²) in [6, 6.07) is 18.7. The SMILES string of the molecule is O=C(Nc1nnc(S(=O)(=O)Nc2ccc(Cl)cc2C(=O)c2ccccc2)s1)c1ccc(Cl)cc1. The maximum absolute atomic E-state index is 12.9. The fraction of sp³-hybridized carbons (Fsp3) is 0. The van der Waals surface area contributed by atoms with Crippen LogP contribution in [0.3, 0.4) is 0 Å². The zero-order valence-electron chi connectivity index (χ0n) is 17.0. The molecule has 0 saturated carbocycles. The zero-order chi connectivity index (χ0) is 24.3. The van der Waals surface area contributed by atoms with E-state index in [1.54, 1.807) is 42.5 Å². The van der Waals surface area contributed by atoms with E-state index in [1.165, 1.54) is 30.3 Å². The summed E-state index contributed by atoms with van der Waals surface area (Å²) < 4.78 is 27.8. The highest BCUT2D eigenvalue weighted by molar-refractivity contribution is 7.94. The van der Waals surface area contributed by atoms with Gasteiger partial charge in [0.15, 0.2) is 5.78 Å². The van der Waals surface area contributed by atoms with Gasteiger partial charge in [0, 0.05) is 26.7 Å². The molecule has 4 rings (SSSR count). The van der Waals surface area contributed by atoms with Crippen molar-refractivity contribution in [1.82, 2.24) is 10.2 Å². The number of carbonyl (C=O) groups is 2. The smallest absolute Gasteiger partial charge is 0.291 e. The van der Waals surface area contributed by atoms with Crippen LogP contribution >= 0.6 is 34.5 Å². The van der Waals surface area contributed by atoms with Gasteiger partial charge in [-0.1, -0.05) is 64.9 Å². The molecule has 172 valence electrons. The van der Waals surface area contributed by atoms with Gasteiger partial charge in [0.2, 0.25) is 5.13 Å². The van der Waals surface area contributed by atoms with Crippen molar-refractivity contribution in [3.8, 4) is 0 Å². The Balaban J connectivity index is 1.56. The van der Waals surface area contributed by atoms with Crippen LogP contribution in [-0.4, -0.2) is 30.3 Å². The fourth-order valence-corrected chi connectivity index (χ4v) is 5.14. The number of amides is 1. The second kappa shape index (κ2) is 9.90. The molecule has 3 aromatic carbocycles. The molecule has 1 amide bonds. The highest BCUT2D eigenvalue weighted by Crippen LogP contribution is 2.28. The van der Waals surface area contributed by atoms with Crippen molar-refractivity contribution in [2.24, 2.45) is 0 Å². The van der Waals surface area contributed by atoms with Crippen molar-refractivity contribution < 1.29 is 18.0 Å². The molecule has 0 spiro atoms. The number of anilines is 2. The number of carbonyl (C=O) groups excluding carboxylic acids is 2. The van der Waals surface area contributed by atoms with Crippen molar-refractivity contribution in [1.29, 1.82) is 0 Å². The lowest BCUT2D eigenvalue weighted by Crippen LogP contribution is -2.16. The summed E-state index contributed by atoms with van der Waals surface area (Å²) in [6.07, 6.45) is 0. The average Bonchev–Trinajstić information content (AvgIpc) is 3.30. The highest BCUT2D eigenvalue weighted by Gasteiger charge is 2.24. The molecule has 0 radical (unpaired) electrons. The third-order valence-corrected chi connectivity index (χ3v) is 7.53. The van der Waals surface area contributed by atoms with Gasteiger partial charge >= 0.3 is 0 Å². The lowest BCUT2D eigenvalue weighted by molar-refractivity contribution is 0.102. The molecule has 0 aliphatic rings. The molecule has 8 nitrogen and oxygen atoms in total. The van der Waals surface area contributed by atoms with Crippen molar-refractivity contribution in [2.45, 2.75) is 4.34 Å². The van der Waals surface area contributed by atoms with Crippen LogP contribution in [-0.2, 0) is 10.0 Å². The molecule has 0 saturated heterocycles. The molecule has 1 heterocycles. The minimum absolute atomic E-state index is 0.0167. The van der Waals surface area contributed by atoms with E-state index >= 15 is 0 Å². The third kappa shape index (κ3) is 5.42. The first-order valence-corrected chi connectivity index (χ1v) is 12.6. The van der Waals surface area contributed by atoms with Gasteiger partial charge in [0.1, 0.15) is 0 Å². The number of hydrogen-bond donors (Lipinski definition) is 2. The molecule has 0 aliphatic carbocycles. The lowest BCUT2D eigenvalue weighted by Gasteiger charge is -2.11. The number of nitrogens with zero attached hydrogens (tertiary/aromatic N) is 2. The first-order chi connectivity index (χ1) is 16.2. The Morgan fingerprint density at radius 3 is 2.21 bits per heavy atom. The number of rotatable bonds is 7. The van der Waals surface area contributed by atoms with Crippen LogP contribution in [0.5, 0.6) is 0 Å². The predicted octanol–water partition coefficient (Wildman–Crippen LogP) is 5.13. The second-order valence-corrected chi connectivity index (χ2v) is 10.5. The van der Waals surface area contributed by atoms with Crippen LogP contribution in [0.25, 0.3) is 0 Å². The number of benzene rings is 3. The van der Waals surface area contributed by atoms with Gasteiger partial charge in [0.05, 0.1) is 5.69 Å². The van der Waals surface area contributed by atoms with Crippen molar-refractivity contribution in [3.63, 3.8) is 0 Å². The van der Waals surface area contributed by atoms with Gasteiger partial charge in [-0.3, -0.25) is 19.6 Å². The number of hydrogen-bond acceptors (Lipinski definition) is 7. The minimum atomic E-state index is -4.22. The van der Waals surface area contributed by atoms with Crippen LogP contribution in [0, 0.1) is 0 Å². The molecule has 12 heteroatoms. The van der Waals surface area contributed by atoms with E-state index < -0.39 is 26.1 Å². The van der Waals surface area contributed by atoms with E-state index in [2.05, 4.69) is 20.2 Å². The summed E-state index contributed by atoms with van der Waals surface area (Å²) >= 11 is 12.5. The van der Waals surface area contributed by atoms with Crippen molar-refractivity contribution in [2.75, 3.05) is 10.0 Å². The summed E-state index contributed by atoms with van der Waals surface area (Å²) in [5.74, 6) is -0.910. The quantitative estimate of drug-likeness (QED) is 0.251. The number of sulfonamides is 1. The normalized spacial score (nSPS) is 11.1. The molecule has 34 heavy (non-hydrogen) atoms. The maximum Gasteiger partial charge on any atom is 0.291 e. The maximum atomic E-state index is 12.9. The molecule has 0 unspecified atom stereocenters. The van der Waals surface area contributed by atoms with Gasteiger partial charge in [-0.2, -0.15) is 8.42 Å². The third-order valence-electron chi connectivity index (χ3n) is 4.47. The van der Waals surface area contributed by atoms with Crippen LogP contribution in [0.4, 0.5) is 10.8 Å². The minimum Gasteiger partial charge on any atom is -0.296 e. The summed E-state index contributed by atoms with van der Waals surface area (Å²) in [4.78, 5) is 25.3. The molecular weight excluding hydrogens is 519 g/mol. The van der Waals surface area contributed by atoms with Crippen molar-refractivity contribution >= 4 is 67.1 Å². The molecule has 4 aromatic rings. The van der Waals surface area contributed by atoms with E-state index in [0.29, 0.717) is 27.5 Å². The van der Waals surface area contributed by atoms with Gasteiger partial charge in [-0.05, 0) is 42.5 Å². The number of ketones is 1. The van der Waals surface area contributed by atoms with E-state index in [-0.39, 0.29) is 21.4 Å². The number of aromatic nitrogens is 2. The van der Waals surface area contributed by atoms with Gasteiger partial charge < -0.3 is 0 Å². The second-order valence-electron chi connectivity index (χ2n) is 6.82. The monoisotopic (exact) mass is 532 g/mol. The standard InChI is InChI=1S/C22H14Cl2N4O4S2/c23-15-8-6-14(7-9-15)20(30)25-21-26-27-22(33-21)34(31,32)28-18-11-10-16(24)12-17(18)19(29)13-4-2-1-3-5-13/h1-12,28H,(H,25,26,30).